The Labute approximate surface area is 139 Å². The molecule has 0 bridgehead atoms. The third-order valence-corrected chi connectivity index (χ3v) is 4.65. The molecule has 0 heterocycles. The van der Waals surface area contributed by atoms with Crippen LogP contribution in [0.2, 0.25) is 0 Å². The van der Waals surface area contributed by atoms with Crippen LogP contribution in [0.5, 0.6) is 0 Å². The molecular weight excluding hydrogens is 288 g/mol. The Morgan fingerprint density at radius 1 is 1.13 bits per heavy atom. The molecule has 126 valence electrons. The van der Waals surface area contributed by atoms with Crippen LogP contribution in [0.25, 0.3) is 0 Å². The van der Waals surface area contributed by atoms with Crippen molar-refractivity contribution < 1.29 is 9.59 Å². The van der Waals surface area contributed by atoms with E-state index in [4.69, 9.17) is 0 Å². The highest BCUT2D eigenvalue weighted by atomic mass is 16.2. The number of hydrogen-bond donors (Lipinski definition) is 1. The van der Waals surface area contributed by atoms with Gasteiger partial charge in [0.05, 0.1) is 0 Å². The normalized spacial score (nSPS) is 15.2. The summed E-state index contributed by atoms with van der Waals surface area (Å²) in [6.45, 7) is 4.69. The van der Waals surface area contributed by atoms with Gasteiger partial charge in [0.25, 0.3) is 0 Å². The molecule has 1 aromatic rings. The van der Waals surface area contributed by atoms with Crippen molar-refractivity contribution in [1.29, 1.82) is 0 Å². The third kappa shape index (κ3) is 5.08. The van der Waals surface area contributed by atoms with Crippen LogP contribution in [-0.4, -0.2) is 24.9 Å². The monoisotopic (exact) mass is 316 g/mol. The summed E-state index contributed by atoms with van der Waals surface area (Å²) in [6.07, 6.45) is 6.54. The lowest BCUT2D eigenvalue weighted by Gasteiger charge is -2.24. The maximum Gasteiger partial charge on any atom is 0.223 e. The van der Waals surface area contributed by atoms with E-state index in [0.717, 1.165) is 37.8 Å². The maximum absolute atomic E-state index is 12.2. The molecule has 0 aromatic heterocycles. The second kappa shape index (κ2) is 8.70. The van der Waals surface area contributed by atoms with E-state index in [2.05, 4.69) is 12.2 Å². The number of carbonyl (C=O) groups is 2. The molecule has 4 heteroatoms. The first-order valence-corrected chi connectivity index (χ1v) is 8.76. The van der Waals surface area contributed by atoms with Gasteiger partial charge in [-0.2, -0.15) is 0 Å². The molecule has 2 rings (SSSR count). The fourth-order valence-corrected chi connectivity index (χ4v) is 3.18. The largest absolute Gasteiger partial charge is 0.354 e. The van der Waals surface area contributed by atoms with Crippen molar-refractivity contribution >= 4 is 17.5 Å². The molecule has 1 N–H and O–H groups in total. The number of rotatable bonds is 6. The molecule has 0 atom stereocenters. The average molecular weight is 316 g/mol. The Morgan fingerprint density at radius 3 is 2.35 bits per heavy atom. The summed E-state index contributed by atoms with van der Waals surface area (Å²) in [5.74, 6) is 0.314. The Hall–Kier alpha value is -1.84. The van der Waals surface area contributed by atoms with E-state index < -0.39 is 0 Å². The van der Waals surface area contributed by atoms with Gasteiger partial charge in [-0.15, -0.1) is 0 Å². The van der Waals surface area contributed by atoms with Gasteiger partial charge >= 0.3 is 0 Å². The Bertz CT molecular complexity index is 519. The number of nitrogens with zero attached hydrogens (tertiary/aromatic N) is 1. The van der Waals surface area contributed by atoms with Gasteiger partial charge in [-0.1, -0.05) is 38.3 Å². The first-order chi connectivity index (χ1) is 11.1. The maximum atomic E-state index is 12.2. The molecule has 0 aliphatic heterocycles. The second-order valence-electron chi connectivity index (χ2n) is 6.32. The van der Waals surface area contributed by atoms with Gasteiger partial charge in [0, 0.05) is 31.6 Å². The molecule has 2 amide bonds. The van der Waals surface area contributed by atoms with Crippen LogP contribution in [0.15, 0.2) is 24.3 Å². The van der Waals surface area contributed by atoms with E-state index in [1.165, 1.54) is 12.0 Å². The fraction of sp³-hybridized carbons (Fsp3) is 0.579. The summed E-state index contributed by atoms with van der Waals surface area (Å²) in [5, 5.41) is 3.00. The van der Waals surface area contributed by atoms with Crippen LogP contribution in [-0.2, 0) is 16.0 Å². The number of nitrogens with one attached hydrogen (secondary N) is 1. The van der Waals surface area contributed by atoms with E-state index in [-0.39, 0.29) is 17.7 Å². The van der Waals surface area contributed by atoms with E-state index in [0.29, 0.717) is 13.1 Å². The SMILES string of the molecule is CCc1ccc(N(CCNC(=O)C2CCCCC2)C(C)=O)cc1. The van der Waals surface area contributed by atoms with Crippen LogP contribution < -0.4 is 10.2 Å². The third-order valence-electron chi connectivity index (χ3n) is 4.65. The Balaban J connectivity index is 1.86. The first kappa shape index (κ1) is 17.5. The number of aryl methyl sites for hydroxylation is 1. The molecule has 23 heavy (non-hydrogen) atoms. The van der Waals surface area contributed by atoms with Crippen molar-refractivity contribution in [2.45, 2.75) is 52.4 Å². The quantitative estimate of drug-likeness (QED) is 0.875. The number of anilines is 1. The second-order valence-corrected chi connectivity index (χ2v) is 6.32. The van der Waals surface area contributed by atoms with Crippen molar-refractivity contribution in [2.24, 2.45) is 5.92 Å². The van der Waals surface area contributed by atoms with Crippen molar-refractivity contribution in [3.8, 4) is 0 Å². The summed E-state index contributed by atoms with van der Waals surface area (Å²) in [4.78, 5) is 25.8. The summed E-state index contributed by atoms with van der Waals surface area (Å²) in [7, 11) is 0. The molecule has 1 aromatic carbocycles. The minimum atomic E-state index is 0.00108. The van der Waals surface area contributed by atoms with Crippen LogP contribution >= 0.6 is 0 Å². The highest BCUT2D eigenvalue weighted by Gasteiger charge is 2.21. The van der Waals surface area contributed by atoms with Gasteiger partial charge in [-0.25, -0.2) is 0 Å². The van der Waals surface area contributed by atoms with Gasteiger partial charge in [0.15, 0.2) is 0 Å². The Kier molecular flexibility index (Phi) is 6.63. The predicted octanol–water partition coefficient (Wildman–Crippen LogP) is 3.30. The van der Waals surface area contributed by atoms with Crippen molar-refractivity contribution in [3.63, 3.8) is 0 Å². The minimum Gasteiger partial charge on any atom is -0.354 e. The zero-order chi connectivity index (χ0) is 16.7. The van der Waals surface area contributed by atoms with Gasteiger partial charge in [-0.05, 0) is 37.0 Å². The molecule has 0 radical (unpaired) electrons. The molecule has 0 spiro atoms. The summed E-state index contributed by atoms with van der Waals surface area (Å²) < 4.78 is 0. The lowest BCUT2D eigenvalue weighted by Crippen LogP contribution is -2.40. The highest BCUT2D eigenvalue weighted by Crippen LogP contribution is 2.23. The molecule has 0 unspecified atom stereocenters. The van der Waals surface area contributed by atoms with Crippen LogP contribution in [0.4, 0.5) is 5.69 Å². The van der Waals surface area contributed by atoms with Gasteiger partial charge in [0.1, 0.15) is 0 Å². The minimum absolute atomic E-state index is 0.00108. The number of hydrogen-bond acceptors (Lipinski definition) is 2. The van der Waals surface area contributed by atoms with Crippen molar-refractivity contribution in [1.82, 2.24) is 5.32 Å². The zero-order valence-electron chi connectivity index (χ0n) is 14.3. The molecule has 0 saturated heterocycles. The topological polar surface area (TPSA) is 49.4 Å². The molecule has 1 aliphatic carbocycles. The lowest BCUT2D eigenvalue weighted by molar-refractivity contribution is -0.126. The highest BCUT2D eigenvalue weighted by molar-refractivity contribution is 5.91. The van der Waals surface area contributed by atoms with E-state index >= 15 is 0 Å². The summed E-state index contributed by atoms with van der Waals surface area (Å²) in [6, 6.07) is 8.05. The van der Waals surface area contributed by atoms with Crippen LogP contribution in [0, 0.1) is 5.92 Å². The van der Waals surface area contributed by atoms with Crippen LogP contribution in [0.1, 0.15) is 51.5 Å². The lowest BCUT2D eigenvalue weighted by atomic mass is 9.89. The summed E-state index contributed by atoms with van der Waals surface area (Å²) >= 11 is 0. The molecular formula is C19H28N2O2. The van der Waals surface area contributed by atoms with Crippen molar-refractivity contribution in [3.05, 3.63) is 29.8 Å². The molecule has 1 saturated carbocycles. The van der Waals surface area contributed by atoms with E-state index in [1.807, 2.05) is 24.3 Å². The van der Waals surface area contributed by atoms with Crippen LogP contribution in [0.3, 0.4) is 0 Å². The zero-order valence-corrected chi connectivity index (χ0v) is 14.3. The van der Waals surface area contributed by atoms with Gasteiger partial charge in [0.2, 0.25) is 11.8 Å². The first-order valence-electron chi connectivity index (χ1n) is 8.76. The van der Waals surface area contributed by atoms with Gasteiger partial charge in [-0.3, -0.25) is 9.59 Å². The number of amides is 2. The predicted molar refractivity (Wildman–Crippen MR) is 93.4 cm³/mol. The molecule has 1 fully saturated rings. The molecule has 4 nitrogen and oxygen atoms in total. The van der Waals surface area contributed by atoms with E-state index in [1.54, 1.807) is 11.8 Å². The van der Waals surface area contributed by atoms with Gasteiger partial charge < -0.3 is 10.2 Å². The number of benzene rings is 1. The smallest absolute Gasteiger partial charge is 0.223 e. The summed E-state index contributed by atoms with van der Waals surface area (Å²) in [5.41, 5.74) is 2.14. The fourth-order valence-electron chi connectivity index (χ4n) is 3.18. The molecule has 1 aliphatic rings. The average Bonchev–Trinajstić information content (AvgIpc) is 2.59. The Morgan fingerprint density at radius 2 is 1.78 bits per heavy atom. The standard InChI is InChI=1S/C19H28N2O2/c1-3-16-9-11-18(12-10-16)21(15(2)22)14-13-20-19(23)17-7-5-4-6-8-17/h9-12,17H,3-8,13-14H2,1-2H3,(H,20,23). The number of carbonyl (C=O) groups excluding carboxylic acids is 2. The van der Waals surface area contributed by atoms with E-state index in [9.17, 15) is 9.59 Å². The van der Waals surface area contributed by atoms with Crippen molar-refractivity contribution in [2.75, 3.05) is 18.0 Å².